The molecule has 0 aliphatic carbocycles. The Morgan fingerprint density at radius 2 is 0.844 bits per heavy atom. The van der Waals surface area contributed by atoms with Gasteiger partial charge in [-0.15, -0.1) is 0 Å². The van der Waals surface area contributed by atoms with Crippen LogP contribution in [0.1, 0.15) is 0 Å². The summed E-state index contributed by atoms with van der Waals surface area (Å²) < 4.78 is 37.6. The fraction of sp³-hybridized carbons (Fsp3) is 1.00. The molecule has 21 heteroatoms. The fourth-order valence-corrected chi connectivity index (χ4v) is 5.39. The molecule has 4 fully saturated rings. The molecule has 14 N–H and O–H groups in total. The third-order valence-electron chi connectivity index (χ3n) is 8.26. The van der Waals surface area contributed by atoms with Crippen LogP contribution in [0.3, 0.4) is 0 Å². The van der Waals surface area contributed by atoms with Gasteiger partial charge < -0.3 is 105 Å². The predicted octanol–water partition coefficient (Wildman–Crippen LogP) is -9.75. The van der Waals surface area contributed by atoms with Gasteiger partial charge in [-0.05, 0) is 0 Å². The lowest BCUT2D eigenvalue weighted by molar-refractivity contribution is -0.388. The zero-order valence-corrected chi connectivity index (χ0v) is 23.5. The Kier molecular flexibility index (Phi) is 12.5. The maximum atomic E-state index is 10.5. The van der Waals surface area contributed by atoms with E-state index < -0.39 is 149 Å². The van der Waals surface area contributed by atoms with Gasteiger partial charge in [0, 0.05) is 0 Å². The smallest absolute Gasteiger partial charge is 0.224 e. The summed E-state index contributed by atoms with van der Waals surface area (Å²) in [4.78, 5) is 0. The van der Waals surface area contributed by atoms with Gasteiger partial charge in [0.05, 0.1) is 26.4 Å². The van der Waals surface area contributed by atoms with E-state index >= 15 is 0 Å². The molecule has 45 heavy (non-hydrogen) atoms. The summed E-state index contributed by atoms with van der Waals surface area (Å²) in [5.74, 6) is -2.43. The average Bonchev–Trinajstić information content (AvgIpc) is 3.28. The van der Waals surface area contributed by atoms with E-state index in [1.807, 2.05) is 0 Å². The first kappa shape index (κ1) is 37.0. The molecule has 4 aliphatic rings. The van der Waals surface area contributed by atoms with Gasteiger partial charge >= 0.3 is 0 Å². The molecule has 0 radical (unpaired) electrons. The third kappa shape index (κ3) is 7.29. The molecular formula is C24H42O21. The SMILES string of the molecule is OC[C@@H]1O[C@H](OC[C@@H]2O[C@H](OC[C@@H]3O[C@H](O[C@]4(CO)O[C@@H](CO)[C@H](O)[C@@H]4O)[C@@H](O)[C@H](O)[C@@H]3O)[C@@H](O)[C@H](O)[C@@H]2O)[C@@H](O)[C@H](O)[C@H]1O. The van der Waals surface area contributed by atoms with Crippen molar-refractivity contribution in [1.82, 2.24) is 0 Å². The Hall–Kier alpha value is -0.840. The van der Waals surface area contributed by atoms with Crippen LogP contribution >= 0.6 is 0 Å². The van der Waals surface area contributed by atoms with Crippen molar-refractivity contribution in [3.8, 4) is 0 Å². The van der Waals surface area contributed by atoms with E-state index in [2.05, 4.69) is 0 Å². The van der Waals surface area contributed by atoms with E-state index in [4.69, 9.17) is 33.2 Å². The minimum Gasteiger partial charge on any atom is -0.394 e. The van der Waals surface area contributed by atoms with Crippen molar-refractivity contribution in [3.05, 3.63) is 0 Å². The first-order chi connectivity index (χ1) is 21.2. The number of rotatable bonds is 11. The van der Waals surface area contributed by atoms with Crippen molar-refractivity contribution < 1.29 is 105 Å². The molecule has 4 rings (SSSR count). The lowest BCUT2D eigenvalue weighted by Crippen LogP contribution is -2.64. The van der Waals surface area contributed by atoms with E-state index in [-0.39, 0.29) is 0 Å². The lowest BCUT2D eigenvalue weighted by atomic mass is 9.98. The Labute approximate surface area is 254 Å². The summed E-state index contributed by atoms with van der Waals surface area (Å²) in [5.41, 5.74) is 0. The Bertz CT molecular complexity index is 931. The van der Waals surface area contributed by atoms with Crippen LogP contribution in [0.15, 0.2) is 0 Å². The second kappa shape index (κ2) is 15.1. The van der Waals surface area contributed by atoms with Crippen LogP contribution in [0, 0.1) is 0 Å². The fourth-order valence-electron chi connectivity index (χ4n) is 5.39. The van der Waals surface area contributed by atoms with Crippen LogP contribution in [0.25, 0.3) is 0 Å². The van der Waals surface area contributed by atoms with Crippen molar-refractivity contribution >= 4 is 0 Å². The highest BCUT2D eigenvalue weighted by atomic mass is 16.8. The van der Waals surface area contributed by atoms with E-state index in [0.717, 1.165) is 0 Å². The molecule has 0 bridgehead atoms. The third-order valence-corrected chi connectivity index (χ3v) is 8.26. The first-order valence-corrected chi connectivity index (χ1v) is 14.1. The summed E-state index contributed by atoms with van der Waals surface area (Å²) in [6, 6.07) is 0. The number of aliphatic hydroxyl groups excluding tert-OH is 14. The van der Waals surface area contributed by atoms with Gasteiger partial charge in [-0.1, -0.05) is 0 Å². The van der Waals surface area contributed by atoms with Crippen LogP contribution in [-0.4, -0.2) is 221 Å². The molecule has 264 valence electrons. The highest BCUT2D eigenvalue weighted by Crippen LogP contribution is 2.36. The molecule has 0 spiro atoms. The minimum atomic E-state index is -2.43. The van der Waals surface area contributed by atoms with E-state index in [9.17, 15) is 71.5 Å². The zero-order chi connectivity index (χ0) is 33.4. The molecule has 21 nitrogen and oxygen atoms in total. The van der Waals surface area contributed by atoms with Crippen LogP contribution in [0.2, 0.25) is 0 Å². The molecule has 0 aromatic heterocycles. The first-order valence-electron chi connectivity index (χ1n) is 14.1. The van der Waals surface area contributed by atoms with Crippen molar-refractivity contribution in [2.45, 2.75) is 116 Å². The molecule has 0 aromatic rings. The lowest BCUT2D eigenvalue weighted by Gasteiger charge is -2.45. The monoisotopic (exact) mass is 666 g/mol. The molecule has 0 unspecified atom stereocenters. The topological polar surface area (TPSA) is 348 Å². The molecule has 4 saturated heterocycles. The van der Waals surface area contributed by atoms with Crippen LogP contribution < -0.4 is 0 Å². The molecule has 0 amide bonds. The largest absolute Gasteiger partial charge is 0.394 e. The van der Waals surface area contributed by atoms with Gasteiger partial charge in [0.1, 0.15) is 98.2 Å². The number of aliphatic hydroxyl groups is 14. The molecular weight excluding hydrogens is 624 g/mol. The summed E-state index contributed by atoms with van der Waals surface area (Å²) >= 11 is 0. The summed E-state index contributed by atoms with van der Waals surface area (Å²) in [5, 5.41) is 141. The number of hydrogen-bond acceptors (Lipinski definition) is 21. The van der Waals surface area contributed by atoms with E-state index in [1.54, 1.807) is 0 Å². The molecule has 0 saturated carbocycles. The average molecular weight is 667 g/mol. The van der Waals surface area contributed by atoms with Gasteiger partial charge in [0.2, 0.25) is 5.79 Å². The Morgan fingerprint density at radius 1 is 0.444 bits per heavy atom. The van der Waals surface area contributed by atoms with E-state index in [1.165, 1.54) is 0 Å². The Balaban J connectivity index is 1.39. The minimum absolute atomic E-state index is 0.650. The quantitative estimate of drug-likeness (QED) is 0.0973. The number of hydrogen-bond donors (Lipinski definition) is 14. The standard InChI is InChI=1S/C24H42O21/c25-1-6-10(28)14(32)17(35)21(41-6)39-3-8-11(29)15(33)18(36)22(42-8)40-4-9-12(30)16(34)19(37)23(43-9)45-24(5-27)20(38)13(31)7(2-26)44-24/h6-23,25-38H,1-5H2/t6-,7-,8-,9-,10-,11+,12+,13-,14+,15+,16+,17-,18-,19-,20-,21-,22-,23+,24-/m0/s1. The van der Waals surface area contributed by atoms with Gasteiger partial charge in [-0.2, -0.15) is 0 Å². The number of ether oxygens (including phenoxy) is 7. The van der Waals surface area contributed by atoms with Crippen molar-refractivity contribution in [2.24, 2.45) is 0 Å². The van der Waals surface area contributed by atoms with Crippen LogP contribution in [-0.2, 0) is 33.2 Å². The maximum Gasteiger partial charge on any atom is 0.224 e. The van der Waals surface area contributed by atoms with E-state index in [0.29, 0.717) is 0 Å². The summed E-state index contributed by atoms with van der Waals surface area (Å²) in [7, 11) is 0. The molecule has 0 aromatic carbocycles. The van der Waals surface area contributed by atoms with Gasteiger partial charge in [-0.25, -0.2) is 0 Å². The van der Waals surface area contributed by atoms with Crippen molar-refractivity contribution in [2.75, 3.05) is 33.0 Å². The van der Waals surface area contributed by atoms with Gasteiger partial charge in [0.15, 0.2) is 18.9 Å². The normalized spacial score (nSPS) is 52.7. The highest BCUT2D eigenvalue weighted by molar-refractivity contribution is 4.99. The summed E-state index contributed by atoms with van der Waals surface area (Å²) in [6.07, 6.45) is -31.4. The summed E-state index contributed by atoms with van der Waals surface area (Å²) in [6.45, 7) is -4.02. The van der Waals surface area contributed by atoms with Crippen molar-refractivity contribution in [1.29, 1.82) is 0 Å². The van der Waals surface area contributed by atoms with Gasteiger partial charge in [-0.3, -0.25) is 0 Å². The second-order valence-electron chi connectivity index (χ2n) is 11.3. The van der Waals surface area contributed by atoms with Crippen LogP contribution in [0.4, 0.5) is 0 Å². The van der Waals surface area contributed by atoms with Crippen LogP contribution in [0.5, 0.6) is 0 Å². The maximum absolute atomic E-state index is 10.5. The highest BCUT2D eigenvalue weighted by Gasteiger charge is 2.58. The van der Waals surface area contributed by atoms with Crippen molar-refractivity contribution in [3.63, 3.8) is 0 Å². The van der Waals surface area contributed by atoms with Gasteiger partial charge in [0.25, 0.3) is 0 Å². The molecule has 4 heterocycles. The predicted molar refractivity (Wildman–Crippen MR) is 134 cm³/mol. The second-order valence-corrected chi connectivity index (χ2v) is 11.3. The zero-order valence-electron chi connectivity index (χ0n) is 23.5. The molecule has 4 aliphatic heterocycles. The molecule has 19 atom stereocenters. The Morgan fingerprint density at radius 3 is 1.27 bits per heavy atom.